The van der Waals surface area contributed by atoms with Crippen LogP contribution in [0.1, 0.15) is 24.4 Å². The molecule has 3 rings (SSSR count). The smallest absolute Gasteiger partial charge is 0.269 e. The van der Waals surface area contributed by atoms with Crippen molar-refractivity contribution >= 4 is 22.5 Å². The fraction of sp³-hybridized carbons (Fsp3) is 0.417. The third-order valence-corrected chi connectivity index (χ3v) is 4.30. The van der Waals surface area contributed by atoms with Gasteiger partial charge in [0.25, 0.3) is 5.69 Å². The highest BCUT2D eigenvalue weighted by Gasteiger charge is 2.32. The largest absolute Gasteiger partial charge is 0.274 e. The van der Waals surface area contributed by atoms with Crippen LogP contribution in [0, 0.1) is 16.0 Å². The van der Waals surface area contributed by atoms with Crippen molar-refractivity contribution in [2.24, 2.45) is 10.9 Å². The summed E-state index contributed by atoms with van der Waals surface area (Å²) >= 11 is 1.84. The molecule has 1 aliphatic carbocycles. The Labute approximate surface area is 103 Å². The highest BCUT2D eigenvalue weighted by Crippen LogP contribution is 2.41. The number of thioether (sulfide) groups is 1. The van der Waals surface area contributed by atoms with E-state index in [4.69, 9.17) is 4.99 Å². The highest BCUT2D eigenvalue weighted by atomic mass is 32.2. The molecule has 1 unspecified atom stereocenters. The van der Waals surface area contributed by atoms with Crippen LogP contribution < -0.4 is 0 Å². The normalized spacial score (nSPS) is 23.5. The number of hydrogen-bond donors (Lipinski definition) is 0. The van der Waals surface area contributed by atoms with Gasteiger partial charge < -0.3 is 0 Å². The van der Waals surface area contributed by atoms with Crippen molar-refractivity contribution in [3.05, 3.63) is 39.9 Å². The minimum Gasteiger partial charge on any atom is -0.274 e. The number of nitro groups is 1. The molecule has 1 atom stereocenters. The molecule has 5 heteroatoms. The van der Waals surface area contributed by atoms with Crippen LogP contribution in [0.15, 0.2) is 29.3 Å². The van der Waals surface area contributed by atoms with E-state index in [0.29, 0.717) is 5.92 Å². The van der Waals surface area contributed by atoms with Gasteiger partial charge in [0.2, 0.25) is 0 Å². The van der Waals surface area contributed by atoms with Gasteiger partial charge in [-0.3, -0.25) is 15.1 Å². The molecule has 1 heterocycles. The number of non-ortho nitro benzene ring substituents is 1. The predicted molar refractivity (Wildman–Crippen MR) is 68.5 cm³/mol. The summed E-state index contributed by atoms with van der Waals surface area (Å²) in [6, 6.07) is 6.96. The van der Waals surface area contributed by atoms with Gasteiger partial charge in [-0.05, 0) is 18.4 Å². The Bertz CT molecular complexity index is 480. The van der Waals surface area contributed by atoms with Crippen molar-refractivity contribution < 1.29 is 4.92 Å². The molecule has 2 aliphatic rings. The topological polar surface area (TPSA) is 55.5 Å². The van der Waals surface area contributed by atoms with Gasteiger partial charge in [0.15, 0.2) is 0 Å². The van der Waals surface area contributed by atoms with E-state index in [1.807, 2.05) is 23.9 Å². The first-order valence-electron chi connectivity index (χ1n) is 5.69. The molecule has 17 heavy (non-hydrogen) atoms. The van der Waals surface area contributed by atoms with E-state index < -0.39 is 0 Å². The Balaban J connectivity index is 1.78. The summed E-state index contributed by atoms with van der Waals surface area (Å²) in [7, 11) is 0. The first-order valence-corrected chi connectivity index (χ1v) is 6.67. The van der Waals surface area contributed by atoms with Crippen LogP contribution in [0.2, 0.25) is 0 Å². The molecule has 0 N–H and O–H groups in total. The summed E-state index contributed by atoms with van der Waals surface area (Å²) in [6.07, 6.45) is 2.55. The molecule has 0 amide bonds. The lowest BCUT2D eigenvalue weighted by molar-refractivity contribution is -0.384. The molecule has 0 saturated heterocycles. The second-order valence-electron chi connectivity index (χ2n) is 4.42. The van der Waals surface area contributed by atoms with Crippen LogP contribution in [0.25, 0.3) is 0 Å². The zero-order valence-corrected chi connectivity index (χ0v) is 10.0. The summed E-state index contributed by atoms with van der Waals surface area (Å²) in [5.74, 6) is 1.69. The number of nitro benzene ring substituents is 1. The molecule has 1 fully saturated rings. The van der Waals surface area contributed by atoms with Gasteiger partial charge >= 0.3 is 0 Å². The average molecular weight is 248 g/mol. The van der Waals surface area contributed by atoms with Gasteiger partial charge in [-0.2, -0.15) is 0 Å². The van der Waals surface area contributed by atoms with Gasteiger partial charge in [0, 0.05) is 23.8 Å². The summed E-state index contributed by atoms with van der Waals surface area (Å²) in [6.45, 7) is 0. The maximum absolute atomic E-state index is 10.6. The lowest BCUT2D eigenvalue weighted by Crippen LogP contribution is -1.95. The van der Waals surface area contributed by atoms with E-state index in [9.17, 15) is 10.1 Å². The first kappa shape index (κ1) is 10.8. The maximum atomic E-state index is 10.6. The van der Waals surface area contributed by atoms with E-state index >= 15 is 0 Å². The maximum Gasteiger partial charge on any atom is 0.269 e. The molecule has 1 aliphatic heterocycles. The molecule has 1 aromatic carbocycles. The highest BCUT2D eigenvalue weighted by molar-refractivity contribution is 8.14. The molecule has 0 bridgehead atoms. The Morgan fingerprint density at radius 3 is 2.59 bits per heavy atom. The van der Waals surface area contributed by atoms with E-state index in [2.05, 4.69) is 0 Å². The minimum absolute atomic E-state index is 0.144. The number of hydrogen-bond acceptors (Lipinski definition) is 4. The van der Waals surface area contributed by atoms with Crippen LogP contribution >= 0.6 is 11.8 Å². The van der Waals surface area contributed by atoms with Crippen molar-refractivity contribution in [3.63, 3.8) is 0 Å². The SMILES string of the molecule is O=[N+]([O-])c1ccc(C2CSC(C3CC3)=N2)cc1. The molecule has 88 valence electrons. The average Bonchev–Trinajstić information content (AvgIpc) is 3.07. The van der Waals surface area contributed by atoms with E-state index in [-0.39, 0.29) is 16.7 Å². The van der Waals surface area contributed by atoms with Gasteiger partial charge in [-0.15, -0.1) is 11.8 Å². The predicted octanol–water partition coefficient (Wildman–Crippen LogP) is 3.19. The Morgan fingerprint density at radius 1 is 1.29 bits per heavy atom. The third kappa shape index (κ3) is 2.20. The summed E-state index contributed by atoms with van der Waals surface area (Å²) in [4.78, 5) is 14.9. The lowest BCUT2D eigenvalue weighted by atomic mass is 10.1. The molecule has 0 spiro atoms. The van der Waals surface area contributed by atoms with Gasteiger partial charge in [0.1, 0.15) is 0 Å². The van der Waals surface area contributed by atoms with E-state index in [0.717, 1.165) is 11.3 Å². The van der Waals surface area contributed by atoms with Crippen molar-refractivity contribution in [3.8, 4) is 0 Å². The molecule has 0 aromatic heterocycles. The Morgan fingerprint density at radius 2 is 2.00 bits per heavy atom. The second-order valence-corrected chi connectivity index (χ2v) is 5.46. The number of nitrogens with zero attached hydrogens (tertiary/aromatic N) is 2. The first-order chi connectivity index (χ1) is 8.24. The molecule has 1 aromatic rings. The zero-order chi connectivity index (χ0) is 11.8. The van der Waals surface area contributed by atoms with Gasteiger partial charge in [0.05, 0.1) is 16.0 Å². The quantitative estimate of drug-likeness (QED) is 0.609. The fourth-order valence-electron chi connectivity index (χ4n) is 1.93. The third-order valence-electron chi connectivity index (χ3n) is 3.09. The van der Waals surface area contributed by atoms with Crippen LogP contribution in [-0.2, 0) is 0 Å². The van der Waals surface area contributed by atoms with Crippen LogP contribution in [0.4, 0.5) is 5.69 Å². The van der Waals surface area contributed by atoms with Crippen LogP contribution in [0.5, 0.6) is 0 Å². The van der Waals surface area contributed by atoms with Crippen molar-refractivity contribution in [2.75, 3.05) is 5.75 Å². The fourth-order valence-corrected chi connectivity index (χ4v) is 3.20. The number of rotatable bonds is 3. The number of benzene rings is 1. The Kier molecular flexibility index (Phi) is 2.63. The molecule has 1 saturated carbocycles. The zero-order valence-electron chi connectivity index (χ0n) is 9.20. The van der Waals surface area contributed by atoms with Crippen molar-refractivity contribution in [1.82, 2.24) is 0 Å². The van der Waals surface area contributed by atoms with Crippen molar-refractivity contribution in [2.45, 2.75) is 18.9 Å². The molecular formula is C12H12N2O2S. The summed E-state index contributed by atoms with van der Waals surface area (Å²) < 4.78 is 0. The molecule has 0 radical (unpaired) electrons. The Hall–Kier alpha value is -1.36. The lowest BCUT2D eigenvalue weighted by Gasteiger charge is -2.04. The van der Waals surface area contributed by atoms with E-state index in [1.165, 1.54) is 17.9 Å². The van der Waals surface area contributed by atoms with Gasteiger partial charge in [-0.1, -0.05) is 12.1 Å². The number of aliphatic imine (C=N–C) groups is 1. The monoisotopic (exact) mass is 248 g/mol. The molecule has 4 nitrogen and oxygen atoms in total. The van der Waals surface area contributed by atoms with E-state index in [1.54, 1.807) is 12.1 Å². The standard InChI is InChI=1S/C12H12N2O2S/c15-14(16)10-5-3-8(4-6-10)11-7-17-12(13-11)9-1-2-9/h3-6,9,11H,1-2,7H2. The van der Waals surface area contributed by atoms with Crippen molar-refractivity contribution in [1.29, 1.82) is 0 Å². The summed E-state index contributed by atoms with van der Waals surface area (Å²) in [5.41, 5.74) is 1.23. The second kappa shape index (κ2) is 4.14. The summed E-state index contributed by atoms with van der Waals surface area (Å²) in [5, 5.41) is 11.8. The van der Waals surface area contributed by atoms with Crippen LogP contribution in [-0.4, -0.2) is 15.7 Å². The molecular weight excluding hydrogens is 236 g/mol. The minimum atomic E-state index is -0.369. The van der Waals surface area contributed by atoms with Gasteiger partial charge in [-0.25, -0.2) is 0 Å². The van der Waals surface area contributed by atoms with Crippen LogP contribution in [0.3, 0.4) is 0 Å².